The van der Waals surface area contributed by atoms with Gasteiger partial charge in [-0.15, -0.1) is 0 Å². The summed E-state index contributed by atoms with van der Waals surface area (Å²) in [5, 5.41) is 25.1. The maximum absolute atomic E-state index is 14.1. The van der Waals surface area contributed by atoms with E-state index in [1.165, 1.54) is 33.8 Å². The lowest BCUT2D eigenvalue weighted by Gasteiger charge is -2.16. The minimum Gasteiger partial charge on any atom is -0.507 e. The summed E-state index contributed by atoms with van der Waals surface area (Å²) in [4.78, 5) is 34.5. The average Bonchev–Trinajstić information content (AvgIpc) is 3.16. The number of phenolic OH excluding ortho intramolecular Hbond substituents is 1. The number of nitrogens with zero attached hydrogens (tertiary/aromatic N) is 8. The van der Waals surface area contributed by atoms with Crippen LogP contribution in [-0.2, 0) is 28.8 Å². The van der Waals surface area contributed by atoms with E-state index in [1.54, 1.807) is 62.4 Å². The first-order valence-electron chi connectivity index (χ1n) is 15.1. The van der Waals surface area contributed by atoms with Crippen molar-refractivity contribution in [3.05, 3.63) is 101 Å². The smallest absolute Gasteiger partial charge is 0.280 e. The van der Waals surface area contributed by atoms with Gasteiger partial charge in [-0.1, -0.05) is 34.6 Å². The van der Waals surface area contributed by atoms with Crippen LogP contribution in [0.3, 0.4) is 0 Å². The van der Waals surface area contributed by atoms with Crippen molar-refractivity contribution < 1.29 is 47.4 Å². The van der Waals surface area contributed by atoms with E-state index in [0.29, 0.717) is 60.4 Å². The van der Waals surface area contributed by atoms with Crippen LogP contribution in [0.2, 0.25) is 0 Å². The highest BCUT2D eigenvalue weighted by molar-refractivity contribution is 6.46. The molecular weight excluding hydrogens is 674 g/mol. The minimum atomic E-state index is -0.642. The predicted molar refractivity (Wildman–Crippen MR) is 179 cm³/mol. The molecule has 1 N–H and O–H groups in total. The first-order chi connectivity index (χ1) is 24.7. The van der Waals surface area contributed by atoms with E-state index >= 15 is 0 Å². The van der Waals surface area contributed by atoms with Gasteiger partial charge in [0.15, 0.2) is 30.5 Å². The zero-order chi connectivity index (χ0) is 36.6. The van der Waals surface area contributed by atoms with E-state index in [-0.39, 0.29) is 40.6 Å². The molecule has 0 saturated heterocycles. The molecule has 0 unspecified atom stereocenters. The molecule has 2 aromatic carbocycles. The van der Waals surface area contributed by atoms with E-state index in [0.717, 1.165) is 0 Å². The number of halogens is 2. The molecule has 268 valence electrons. The van der Waals surface area contributed by atoms with Crippen molar-refractivity contribution in [2.24, 2.45) is 20.6 Å². The van der Waals surface area contributed by atoms with Crippen molar-refractivity contribution in [3.63, 3.8) is 0 Å². The molecule has 18 heteroatoms. The Morgan fingerprint density at radius 1 is 0.667 bits per heavy atom. The molecule has 51 heavy (non-hydrogen) atoms. The summed E-state index contributed by atoms with van der Waals surface area (Å²) < 4.78 is 43.1. The molecule has 2 aliphatic heterocycles. The molecule has 0 radical (unpaired) electrons. The molecule has 0 aliphatic carbocycles. The molecule has 0 spiro atoms. The number of oxime groups is 4. The van der Waals surface area contributed by atoms with E-state index in [4.69, 9.17) is 33.6 Å². The SMILES string of the molecule is CO/N=C(\C1=NOCCO1)c1ccccc1O.CO/N=C(\C1=NOCCO1)c1ccccc1Oc1ncnc(C)c1F.Cc1ncnc(C)c1F. The summed E-state index contributed by atoms with van der Waals surface area (Å²) in [7, 11) is 2.80. The average molecular weight is 709 g/mol. The monoisotopic (exact) mass is 708 g/mol. The second kappa shape index (κ2) is 18.9. The molecule has 2 aliphatic rings. The third-order valence-corrected chi connectivity index (χ3v) is 6.47. The van der Waals surface area contributed by atoms with Gasteiger partial charge in [0.2, 0.25) is 5.82 Å². The highest BCUT2D eigenvalue weighted by atomic mass is 19.1. The number of hydrogen-bond acceptors (Lipinski definition) is 16. The molecule has 0 amide bonds. The Bertz CT molecular complexity index is 1890. The highest BCUT2D eigenvalue weighted by Crippen LogP contribution is 2.28. The van der Waals surface area contributed by atoms with Gasteiger partial charge in [0, 0.05) is 0 Å². The summed E-state index contributed by atoms with van der Waals surface area (Å²) in [5.41, 5.74) is 2.49. The molecule has 4 heterocycles. The van der Waals surface area contributed by atoms with Crippen LogP contribution in [0.5, 0.6) is 17.4 Å². The first kappa shape index (κ1) is 37.4. The van der Waals surface area contributed by atoms with Gasteiger partial charge in [-0.25, -0.2) is 19.3 Å². The Morgan fingerprint density at radius 3 is 1.67 bits per heavy atom. The zero-order valence-corrected chi connectivity index (χ0v) is 28.2. The predicted octanol–water partition coefficient (Wildman–Crippen LogP) is 4.76. The van der Waals surface area contributed by atoms with Crippen molar-refractivity contribution in [1.82, 2.24) is 19.9 Å². The number of ether oxygens (including phenoxy) is 3. The Balaban J connectivity index is 0.000000192. The molecular formula is C33H34F2N8O8. The third kappa shape index (κ3) is 10.3. The lowest BCUT2D eigenvalue weighted by Crippen LogP contribution is -2.25. The normalized spacial score (nSPS) is 13.9. The van der Waals surface area contributed by atoms with Gasteiger partial charge in [0.05, 0.1) is 28.2 Å². The lowest BCUT2D eigenvalue weighted by atomic mass is 10.1. The van der Waals surface area contributed by atoms with Gasteiger partial charge in [0.25, 0.3) is 17.7 Å². The number of phenols is 1. The van der Waals surface area contributed by atoms with Crippen molar-refractivity contribution >= 4 is 23.2 Å². The standard InChI is InChI=1S/C16H15FN4O4.C11H12N2O4.C6H7FN2/c1-10-13(17)15(19-9-18-10)25-12-6-4-3-5-11(12)14(20-22-2)16-21-24-8-7-23-16;1-15-12-10(11-13-17-7-6-16-11)8-4-2-3-5-9(8)14;1-4-6(7)5(2)9-3-8-4/h3-6,9H,7-8H2,1-2H3;2-5,14H,6-7H2,1H3;3H,1-2H3/b20-14-;12-10-;. The Labute approximate surface area is 291 Å². The van der Waals surface area contributed by atoms with Gasteiger partial charge in [-0.2, -0.15) is 9.37 Å². The van der Waals surface area contributed by atoms with Crippen LogP contribution >= 0.6 is 0 Å². The fourth-order valence-corrected chi connectivity index (χ4v) is 4.04. The second-order valence-corrected chi connectivity index (χ2v) is 9.95. The maximum Gasteiger partial charge on any atom is 0.280 e. The van der Waals surface area contributed by atoms with E-state index in [2.05, 4.69) is 40.6 Å². The van der Waals surface area contributed by atoms with Crippen LogP contribution in [0.1, 0.15) is 28.2 Å². The summed E-state index contributed by atoms with van der Waals surface area (Å²) in [6.45, 7) is 6.20. The Hall–Kier alpha value is -6.46. The van der Waals surface area contributed by atoms with Gasteiger partial charge in [-0.05, 0) is 55.3 Å². The van der Waals surface area contributed by atoms with Crippen LogP contribution in [0.15, 0.2) is 81.8 Å². The van der Waals surface area contributed by atoms with Gasteiger partial charge < -0.3 is 38.7 Å². The lowest BCUT2D eigenvalue weighted by molar-refractivity contribution is 0.0672. The van der Waals surface area contributed by atoms with Crippen molar-refractivity contribution in [3.8, 4) is 17.4 Å². The first-order valence-corrected chi connectivity index (χ1v) is 15.1. The van der Waals surface area contributed by atoms with E-state index in [1.807, 2.05) is 0 Å². The number of rotatable bonds is 8. The highest BCUT2D eigenvalue weighted by Gasteiger charge is 2.24. The molecule has 16 nitrogen and oxygen atoms in total. The van der Waals surface area contributed by atoms with Gasteiger partial charge in [0.1, 0.15) is 51.6 Å². The molecule has 6 rings (SSSR count). The number of aromatic hydroxyl groups is 1. The van der Waals surface area contributed by atoms with Gasteiger partial charge in [-0.3, -0.25) is 0 Å². The largest absolute Gasteiger partial charge is 0.507 e. The van der Waals surface area contributed by atoms with Crippen LogP contribution in [-0.4, -0.2) is 88.9 Å². The summed E-state index contributed by atoms with van der Waals surface area (Å²) in [6.07, 6.45) is 2.58. The Kier molecular flexibility index (Phi) is 13.9. The molecule has 0 fully saturated rings. The number of hydrogen-bond donors (Lipinski definition) is 1. The zero-order valence-electron chi connectivity index (χ0n) is 28.2. The number of aryl methyl sites for hydroxylation is 3. The molecule has 0 atom stereocenters. The fourth-order valence-electron chi connectivity index (χ4n) is 4.04. The minimum absolute atomic E-state index is 0.0696. The molecule has 0 bridgehead atoms. The van der Waals surface area contributed by atoms with Crippen molar-refractivity contribution in [2.45, 2.75) is 20.8 Å². The van der Waals surface area contributed by atoms with Crippen molar-refractivity contribution in [1.29, 1.82) is 0 Å². The molecule has 2 aromatic heterocycles. The van der Waals surface area contributed by atoms with E-state index in [9.17, 15) is 13.9 Å². The second-order valence-electron chi connectivity index (χ2n) is 9.95. The van der Waals surface area contributed by atoms with Crippen LogP contribution in [0, 0.1) is 32.4 Å². The molecule has 0 saturated carbocycles. The Morgan fingerprint density at radius 2 is 1.16 bits per heavy atom. The van der Waals surface area contributed by atoms with Gasteiger partial charge >= 0.3 is 0 Å². The number of para-hydroxylation sites is 2. The topological polar surface area (TPSA) is 186 Å². The number of benzene rings is 2. The fraction of sp³-hybridized carbons (Fsp3) is 0.273. The van der Waals surface area contributed by atoms with Crippen LogP contribution in [0.4, 0.5) is 8.78 Å². The van der Waals surface area contributed by atoms with E-state index < -0.39 is 5.82 Å². The number of aromatic nitrogens is 4. The maximum atomic E-state index is 14.1. The third-order valence-electron chi connectivity index (χ3n) is 6.47. The van der Waals surface area contributed by atoms with Crippen LogP contribution in [0.25, 0.3) is 0 Å². The quantitative estimate of drug-likeness (QED) is 0.196. The molecule has 4 aromatic rings. The van der Waals surface area contributed by atoms with Crippen molar-refractivity contribution in [2.75, 3.05) is 40.6 Å². The summed E-state index contributed by atoms with van der Waals surface area (Å²) in [6, 6.07) is 13.6. The van der Waals surface area contributed by atoms with Crippen LogP contribution < -0.4 is 4.74 Å². The summed E-state index contributed by atoms with van der Waals surface area (Å²) in [5.74, 6) is -0.440. The summed E-state index contributed by atoms with van der Waals surface area (Å²) >= 11 is 0.